The molecule has 0 spiro atoms. The lowest BCUT2D eigenvalue weighted by atomic mass is 10.4. The molecule has 0 amide bonds. The molecule has 0 saturated carbocycles. The number of rotatable bonds is 3. The van der Waals surface area contributed by atoms with Gasteiger partial charge in [-0.15, -0.1) is 0 Å². The minimum Gasteiger partial charge on any atom is -0.360 e. The first-order chi connectivity index (χ1) is 4.83. The van der Waals surface area contributed by atoms with Gasteiger partial charge >= 0.3 is 0 Å². The summed E-state index contributed by atoms with van der Waals surface area (Å²) in [6.07, 6.45) is 1.67. The summed E-state index contributed by atoms with van der Waals surface area (Å²) in [7, 11) is 2.04. The molecule has 56 valence electrons. The molecule has 0 aliphatic heterocycles. The summed E-state index contributed by atoms with van der Waals surface area (Å²) in [5.74, 6) is 0.921. The van der Waals surface area contributed by atoms with Crippen molar-refractivity contribution in [3.05, 3.63) is 18.0 Å². The van der Waals surface area contributed by atoms with Gasteiger partial charge in [-0.2, -0.15) is 0 Å². The van der Waals surface area contributed by atoms with Gasteiger partial charge in [0.2, 0.25) is 0 Å². The number of aromatic nitrogens is 1. The SMILES string of the molecule is CCN(C)Cc1ccno1. The van der Waals surface area contributed by atoms with E-state index in [1.165, 1.54) is 0 Å². The molecular weight excluding hydrogens is 128 g/mol. The van der Waals surface area contributed by atoms with Crippen molar-refractivity contribution in [1.82, 2.24) is 10.1 Å². The van der Waals surface area contributed by atoms with Crippen molar-refractivity contribution in [3.63, 3.8) is 0 Å². The minimum atomic E-state index is 0.844. The maximum Gasteiger partial charge on any atom is 0.150 e. The van der Waals surface area contributed by atoms with E-state index in [1.807, 2.05) is 13.1 Å². The molecule has 0 aliphatic rings. The molecule has 1 heterocycles. The minimum absolute atomic E-state index is 0.844. The Morgan fingerprint density at radius 2 is 2.50 bits per heavy atom. The number of nitrogens with zero attached hydrogens (tertiary/aromatic N) is 2. The third-order valence-electron chi connectivity index (χ3n) is 1.46. The molecule has 0 fully saturated rings. The van der Waals surface area contributed by atoms with Crippen LogP contribution in [0, 0.1) is 0 Å². The van der Waals surface area contributed by atoms with Crippen molar-refractivity contribution in [2.24, 2.45) is 0 Å². The molecule has 1 aromatic heterocycles. The molecule has 3 nitrogen and oxygen atoms in total. The van der Waals surface area contributed by atoms with Crippen LogP contribution in [0.2, 0.25) is 0 Å². The predicted molar refractivity (Wildman–Crippen MR) is 38.5 cm³/mol. The van der Waals surface area contributed by atoms with E-state index in [1.54, 1.807) is 6.20 Å². The monoisotopic (exact) mass is 140 g/mol. The summed E-state index contributed by atoms with van der Waals surface area (Å²) in [5, 5.41) is 3.61. The van der Waals surface area contributed by atoms with Gasteiger partial charge in [-0.3, -0.25) is 4.90 Å². The van der Waals surface area contributed by atoms with Gasteiger partial charge < -0.3 is 4.52 Å². The standard InChI is InChI=1S/C7H12N2O/c1-3-9(2)6-7-4-5-8-10-7/h4-5H,3,6H2,1-2H3. The summed E-state index contributed by atoms with van der Waals surface area (Å²) in [6.45, 7) is 3.98. The Labute approximate surface area is 60.6 Å². The van der Waals surface area contributed by atoms with E-state index in [2.05, 4.69) is 17.0 Å². The largest absolute Gasteiger partial charge is 0.360 e. The van der Waals surface area contributed by atoms with E-state index < -0.39 is 0 Å². The first-order valence-electron chi connectivity index (χ1n) is 3.41. The van der Waals surface area contributed by atoms with Crippen LogP contribution < -0.4 is 0 Å². The van der Waals surface area contributed by atoms with Crippen molar-refractivity contribution < 1.29 is 4.52 Å². The van der Waals surface area contributed by atoms with Gasteiger partial charge in [0.1, 0.15) is 0 Å². The zero-order valence-corrected chi connectivity index (χ0v) is 6.37. The highest BCUT2D eigenvalue weighted by molar-refractivity contribution is 4.91. The van der Waals surface area contributed by atoms with E-state index in [0.717, 1.165) is 18.8 Å². The van der Waals surface area contributed by atoms with Gasteiger partial charge in [0.15, 0.2) is 5.76 Å². The average Bonchev–Trinajstić information content (AvgIpc) is 2.40. The molecule has 0 aromatic carbocycles. The van der Waals surface area contributed by atoms with E-state index >= 15 is 0 Å². The molecule has 0 N–H and O–H groups in total. The fourth-order valence-electron chi connectivity index (χ4n) is 0.702. The summed E-state index contributed by atoms with van der Waals surface area (Å²) in [5.41, 5.74) is 0. The lowest BCUT2D eigenvalue weighted by Gasteiger charge is -2.09. The molecule has 3 heteroatoms. The van der Waals surface area contributed by atoms with E-state index in [4.69, 9.17) is 4.52 Å². The van der Waals surface area contributed by atoms with Crippen LogP contribution in [0.3, 0.4) is 0 Å². The molecule has 0 atom stereocenters. The molecule has 0 unspecified atom stereocenters. The highest BCUT2D eigenvalue weighted by Gasteiger charge is 1.99. The van der Waals surface area contributed by atoms with E-state index in [-0.39, 0.29) is 0 Å². The zero-order valence-electron chi connectivity index (χ0n) is 6.37. The van der Waals surface area contributed by atoms with Crippen molar-refractivity contribution in [1.29, 1.82) is 0 Å². The highest BCUT2D eigenvalue weighted by atomic mass is 16.5. The van der Waals surface area contributed by atoms with Crippen molar-refractivity contribution in [2.45, 2.75) is 13.5 Å². The molecular formula is C7H12N2O. The summed E-state index contributed by atoms with van der Waals surface area (Å²) < 4.78 is 4.91. The van der Waals surface area contributed by atoms with Crippen LogP contribution in [0.25, 0.3) is 0 Å². The smallest absolute Gasteiger partial charge is 0.150 e. The summed E-state index contributed by atoms with van der Waals surface area (Å²) in [6, 6.07) is 1.88. The third kappa shape index (κ3) is 1.84. The van der Waals surface area contributed by atoms with Crippen molar-refractivity contribution in [2.75, 3.05) is 13.6 Å². The second-order valence-corrected chi connectivity index (χ2v) is 2.31. The van der Waals surface area contributed by atoms with Crippen molar-refractivity contribution in [3.8, 4) is 0 Å². The maximum atomic E-state index is 4.91. The molecule has 1 rings (SSSR count). The Bertz CT molecular complexity index is 172. The van der Waals surface area contributed by atoms with Crippen LogP contribution in [0.4, 0.5) is 0 Å². The Morgan fingerprint density at radius 3 is 3.00 bits per heavy atom. The maximum absolute atomic E-state index is 4.91. The van der Waals surface area contributed by atoms with Crippen LogP contribution in [0.5, 0.6) is 0 Å². The molecule has 1 aromatic rings. The predicted octanol–water partition coefficient (Wildman–Crippen LogP) is 1.13. The topological polar surface area (TPSA) is 29.3 Å². The average molecular weight is 140 g/mol. The lowest BCUT2D eigenvalue weighted by Crippen LogP contribution is -2.16. The van der Waals surface area contributed by atoms with Gasteiger partial charge in [-0.25, -0.2) is 0 Å². The Balaban J connectivity index is 2.40. The Hall–Kier alpha value is -0.830. The first-order valence-corrected chi connectivity index (χ1v) is 3.41. The van der Waals surface area contributed by atoms with Gasteiger partial charge in [-0.1, -0.05) is 12.1 Å². The molecule has 0 radical (unpaired) electrons. The van der Waals surface area contributed by atoms with Gasteiger partial charge in [0.05, 0.1) is 12.7 Å². The van der Waals surface area contributed by atoms with Gasteiger partial charge in [-0.05, 0) is 13.6 Å². The quantitative estimate of drug-likeness (QED) is 0.630. The lowest BCUT2D eigenvalue weighted by molar-refractivity contribution is 0.283. The molecule has 0 aliphatic carbocycles. The molecule has 0 saturated heterocycles. The molecule has 10 heavy (non-hydrogen) atoms. The summed E-state index contributed by atoms with van der Waals surface area (Å²) >= 11 is 0. The zero-order chi connectivity index (χ0) is 7.40. The van der Waals surface area contributed by atoms with Gasteiger partial charge in [0, 0.05) is 6.07 Å². The number of hydrogen-bond acceptors (Lipinski definition) is 3. The van der Waals surface area contributed by atoms with E-state index in [0.29, 0.717) is 0 Å². The Morgan fingerprint density at radius 1 is 1.70 bits per heavy atom. The molecule has 0 bridgehead atoms. The fourth-order valence-corrected chi connectivity index (χ4v) is 0.702. The first kappa shape index (κ1) is 7.28. The summed E-state index contributed by atoms with van der Waals surface area (Å²) in [4.78, 5) is 2.15. The van der Waals surface area contributed by atoms with Crippen LogP contribution >= 0.6 is 0 Å². The second kappa shape index (κ2) is 3.37. The second-order valence-electron chi connectivity index (χ2n) is 2.31. The highest BCUT2D eigenvalue weighted by Crippen LogP contribution is 1.99. The number of hydrogen-bond donors (Lipinski definition) is 0. The van der Waals surface area contributed by atoms with Crippen LogP contribution in [0.15, 0.2) is 16.8 Å². The fraction of sp³-hybridized carbons (Fsp3) is 0.571. The van der Waals surface area contributed by atoms with E-state index in [9.17, 15) is 0 Å². The van der Waals surface area contributed by atoms with Crippen LogP contribution in [-0.2, 0) is 6.54 Å². The van der Waals surface area contributed by atoms with Gasteiger partial charge in [0.25, 0.3) is 0 Å². The normalized spacial score (nSPS) is 10.7. The van der Waals surface area contributed by atoms with Crippen molar-refractivity contribution >= 4 is 0 Å². The van der Waals surface area contributed by atoms with Crippen LogP contribution in [-0.4, -0.2) is 23.6 Å². The van der Waals surface area contributed by atoms with Crippen LogP contribution in [0.1, 0.15) is 12.7 Å². The third-order valence-corrected chi connectivity index (χ3v) is 1.46. The Kier molecular flexibility index (Phi) is 2.45.